The van der Waals surface area contributed by atoms with Gasteiger partial charge in [-0.1, -0.05) is 12.1 Å². The zero-order valence-electron chi connectivity index (χ0n) is 23.8. The highest BCUT2D eigenvalue weighted by molar-refractivity contribution is 5.99. The van der Waals surface area contributed by atoms with Gasteiger partial charge in [-0.15, -0.1) is 0 Å². The number of alkyl carbamates (subject to hydrolysis) is 1. The molecule has 1 saturated carbocycles. The third-order valence-electron chi connectivity index (χ3n) is 7.67. The first-order valence-corrected chi connectivity index (χ1v) is 14.0. The number of hydrogen-bond acceptors (Lipinski definition) is 6. The number of ether oxygens (including phenoxy) is 1. The highest BCUT2D eigenvalue weighted by Gasteiger charge is 2.31. The van der Waals surface area contributed by atoms with E-state index in [1.54, 1.807) is 32.9 Å². The summed E-state index contributed by atoms with van der Waals surface area (Å²) in [5, 5.41) is 14.1. The number of nitrogens with one attached hydrogen (secondary N) is 1. The third-order valence-corrected chi connectivity index (χ3v) is 7.67. The Hall–Kier alpha value is -4.15. The van der Waals surface area contributed by atoms with Crippen LogP contribution in [0.5, 0.6) is 5.75 Å². The lowest BCUT2D eigenvalue weighted by molar-refractivity contribution is 0.0465. The number of alkyl halides is 1. The number of rotatable bonds is 7. The first kappa shape index (κ1) is 27.0. The van der Waals surface area contributed by atoms with Crippen molar-refractivity contribution in [2.45, 2.75) is 58.2 Å². The monoisotopic (exact) mass is 562 g/mol. The van der Waals surface area contributed by atoms with Gasteiger partial charge in [-0.25, -0.2) is 19.2 Å². The maximum Gasteiger partial charge on any atom is 0.408 e. The van der Waals surface area contributed by atoms with E-state index in [-0.39, 0.29) is 18.2 Å². The largest absolute Gasteiger partial charge is 0.506 e. The first-order valence-electron chi connectivity index (χ1n) is 14.0. The number of fused-ring (bicyclic) bond motifs is 3. The van der Waals surface area contributed by atoms with Crippen molar-refractivity contribution in [1.29, 1.82) is 0 Å². The normalized spacial score (nSPS) is 16.3. The van der Waals surface area contributed by atoms with Gasteiger partial charge in [0.1, 0.15) is 23.5 Å². The van der Waals surface area contributed by atoms with E-state index in [0.29, 0.717) is 47.1 Å². The van der Waals surface area contributed by atoms with Gasteiger partial charge in [0, 0.05) is 38.5 Å². The molecule has 1 atom stereocenters. The Morgan fingerprint density at radius 3 is 2.73 bits per heavy atom. The molecule has 41 heavy (non-hydrogen) atoms. The smallest absolute Gasteiger partial charge is 0.408 e. The molecule has 0 spiro atoms. The molecule has 2 aliphatic rings. The average molecular weight is 563 g/mol. The summed E-state index contributed by atoms with van der Waals surface area (Å²) in [7, 11) is 1.91. The van der Waals surface area contributed by atoms with Crippen LogP contribution in [0.3, 0.4) is 0 Å². The molecule has 2 N–H and O–H groups in total. The Labute approximate surface area is 237 Å². The van der Waals surface area contributed by atoms with E-state index in [2.05, 4.69) is 9.88 Å². The number of aryl methyl sites for hydroxylation is 1. The number of pyridine rings is 1. The second kappa shape index (κ2) is 10.0. The van der Waals surface area contributed by atoms with Gasteiger partial charge in [0.05, 0.1) is 28.5 Å². The summed E-state index contributed by atoms with van der Waals surface area (Å²) < 4.78 is 23.1. The molecule has 11 heteroatoms. The number of hydrogen-bond donors (Lipinski definition) is 2. The van der Waals surface area contributed by atoms with Crippen LogP contribution in [0.1, 0.15) is 49.7 Å². The molecule has 0 saturated heterocycles. The van der Waals surface area contributed by atoms with Crippen LogP contribution in [0, 0.1) is 5.92 Å². The SMILES string of the molecule is Cn1c(-c2cc3cccc(O)c3n2CC2CC2)nc2cc3c(nc21)CCN(CC(CF)NC(=O)OC(C)(C)C)C3=O. The number of halogens is 1. The van der Waals surface area contributed by atoms with Crippen molar-refractivity contribution in [3.63, 3.8) is 0 Å². The van der Waals surface area contributed by atoms with Crippen molar-refractivity contribution in [2.24, 2.45) is 13.0 Å². The van der Waals surface area contributed by atoms with Crippen molar-refractivity contribution in [2.75, 3.05) is 19.8 Å². The summed E-state index contributed by atoms with van der Waals surface area (Å²) in [5.41, 5.74) is 3.32. The molecule has 216 valence electrons. The number of phenols is 1. The van der Waals surface area contributed by atoms with Gasteiger partial charge in [-0.05, 0) is 57.7 Å². The summed E-state index contributed by atoms with van der Waals surface area (Å²) in [6, 6.07) is 8.43. The van der Waals surface area contributed by atoms with E-state index in [1.807, 2.05) is 29.8 Å². The lowest BCUT2D eigenvalue weighted by Crippen LogP contribution is -2.50. The fraction of sp³-hybridized carbons (Fsp3) is 0.467. The second-order valence-corrected chi connectivity index (χ2v) is 12.1. The molecule has 0 bridgehead atoms. The highest BCUT2D eigenvalue weighted by atomic mass is 19.1. The van der Waals surface area contributed by atoms with Crippen molar-refractivity contribution in [3.8, 4) is 17.3 Å². The molecule has 1 aliphatic heterocycles. The van der Waals surface area contributed by atoms with E-state index in [9.17, 15) is 19.1 Å². The molecular weight excluding hydrogens is 527 g/mol. The fourth-order valence-corrected chi connectivity index (χ4v) is 5.55. The van der Waals surface area contributed by atoms with Gasteiger partial charge >= 0.3 is 6.09 Å². The second-order valence-electron chi connectivity index (χ2n) is 12.1. The quantitative estimate of drug-likeness (QED) is 0.341. The van der Waals surface area contributed by atoms with Crippen LogP contribution >= 0.6 is 0 Å². The van der Waals surface area contributed by atoms with Crippen LogP contribution in [0.25, 0.3) is 33.6 Å². The van der Waals surface area contributed by atoms with Crippen molar-refractivity contribution in [1.82, 2.24) is 29.3 Å². The minimum absolute atomic E-state index is 0.0181. The lowest BCUT2D eigenvalue weighted by atomic mass is 10.0. The van der Waals surface area contributed by atoms with Crippen molar-refractivity contribution in [3.05, 3.63) is 41.6 Å². The number of amides is 2. The minimum Gasteiger partial charge on any atom is -0.506 e. The maximum absolute atomic E-state index is 13.8. The fourth-order valence-electron chi connectivity index (χ4n) is 5.55. The molecule has 4 heterocycles. The lowest BCUT2D eigenvalue weighted by Gasteiger charge is -2.31. The van der Waals surface area contributed by atoms with Gasteiger partial charge in [-0.3, -0.25) is 4.79 Å². The number of para-hydroxylation sites is 1. The number of aromatic hydroxyl groups is 1. The topological polar surface area (TPSA) is 115 Å². The van der Waals surface area contributed by atoms with E-state index < -0.39 is 24.4 Å². The Bertz CT molecular complexity index is 1670. The molecule has 4 aromatic rings. The predicted octanol–water partition coefficient (Wildman–Crippen LogP) is 4.57. The first-order chi connectivity index (χ1) is 19.5. The van der Waals surface area contributed by atoms with Gasteiger partial charge in [0.2, 0.25) is 0 Å². The summed E-state index contributed by atoms with van der Waals surface area (Å²) >= 11 is 0. The molecule has 6 rings (SSSR count). The third kappa shape index (κ3) is 5.20. The minimum atomic E-state index is -0.890. The van der Waals surface area contributed by atoms with E-state index in [4.69, 9.17) is 14.7 Å². The van der Waals surface area contributed by atoms with Gasteiger partial charge in [0.15, 0.2) is 11.5 Å². The Balaban J connectivity index is 1.31. The van der Waals surface area contributed by atoms with Crippen LogP contribution in [0.4, 0.5) is 9.18 Å². The molecular formula is C30H35FN6O4. The predicted molar refractivity (Wildman–Crippen MR) is 153 cm³/mol. The van der Waals surface area contributed by atoms with Gasteiger partial charge in [-0.2, -0.15) is 0 Å². The number of benzene rings is 1. The number of aromatic nitrogens is 4. The Kier molecular flexibility index (Phi) is 6.62. The van der Waals surface area contributed by atoms with E-state index >= 15 is 0 Å². The standard InChI is InChI=1S/C30H35FN6O4/c1-30(2,3)41-29(40)32-19(14-31)16-36-11-10-21-20(28(36)39)13-22-26(33-21)35(4)27(34-22)23-12-18-6-5-7-24(38)25(18)37(23)15-17-8-9-17/h5-7,12-13,17,19,38H,8-11,14-16H2,1-4H3,(H,32,40). The summed E-state index contributed by atoms with van der Waals surface area (Å²) in [4.78, 5) is 36.9. The van der Waals surface area contributed by atoms with Crippen LogP contribution in [-0.2, 0) is 24.8 Å². The van der Waals surface area contributed by atoms with Crippen LogP contribution in [0.2, 0.25) is 0 Å². The average Bonchev–Trinajstić information content (AvgIpc) is 3.57. The summed E-state index contributed by atoms with van der Waals surface area (Å²) in [6.45, 7) is 5.53. The molecule has 3 aromatic heterocycles. The van der Waals surface area contributed by atoms with Gasteiger partial charge in [0.25, 0.3) is 5.91 Å². The van der Waals surface area contributed by atoms with Crippen molar-refractivity contribution < 1.29 is 23.8 Å². The molecule has 10 nitrogen and oxygen atoms in total. The summed E-state index contributed by atoms with van der Waals surface area (Å²) in [5.74, 6) is 1.24. The van der Waals surface area contributed by atoms with Crippen LogP contribution in [-0.4, -0.2) is 72.5 Å². The Morgan fingerprint density at radius 1 is 1.24 bits per heavy atom. The zero-order chi connectivity index (χ0) is 29.1. The maximum atomic E-state index is 13.8. The zero-order valence-corrected chi connectivity index (χ0v) is 23.8. The van der Waals surface area contributed by atoms with E-state index in [1.165, 1.54) is 17.7 Å². The molecule has 1 aromatic carbocycles. The summed E-state index contributed by atoms with van der Waals surface area (Å²) in [6.07, 6.45) is 2.11. The molecule has 2 amide bonds. The molecule has 0 radical (unpaired) electrons. The van der Waals surface area contributed by atoms with Crippen LogP contribution in [0.15, 0.2) is 30.3 Å². The number of carbonyl (C=O) groups is 2. The molecule has 1 aliphatic carbocycles. The number of phenolic OH excluding ortho intramolecular Hbond substituents is 1. The highest BCUT2D eigenvalue weighted by Crippen LogP contribution is 2.38. The number of imidazole rings is 1. The molecule has 1 fully saturated rings. The van der Waals surface area contributed by atoms with E-state index in [0.717, 1.165) is 23.1 Å². The molecule has 1 unspecified atom stereocenters. The van der Waals surface area contributed by atoms with Crippen molar-refractivity contribution >= 4 is 34.1 Å². The Morgan fingerprint density at radius 2 is 2.02 bits per heavy atom. The number of carbonyl (C=O) groups excluding carboxylic acids is 2. The number of nitrogens with zero attached hydrogens (tertiary/aromatic N) is 5. The van der Waals surface area contributed by atoms with Crippen LogP contribution < -0.4 is 5.32 Å². The van der Waals surface area contributed by atoms with Gasteiger partial charge < -0.3 is 29.2 Å².